The zero-order valence-electron chi connectivity index (χ0n) is 14.2. The summed E-state index contributed by atoms with van der Waals surface area (Å²) in [4.78, 5) is 22.2. The Morgan fingerprint density at radius 1 is 1.28 bits per heavy atom. The largest absolute Gasteiger partial charge is 0.361 e. The first kappa shape index (κ1) is 17.1. The summed E-state index contributed by atoms with van der Waals surface area (Å²) < 4.78 is 13.3. The van der Waals surface area contributed by atoms with E-state index in [9.17, 15) is 9.18 Å². The summed E-state index contributed by atoms with van der Waals surface area (Å²) in [5.74, 6) is 0.712. The van der Waals surface area contributed by atoms with Crippen LogP contribution in [0.3, 0.4) is 0 Å². The normalized spacial score (nSPS) is 14.5. The molecule has 2 heterocycles. The van der Waals surface area contributed by atoms with Crippen LogP contribution in [0.1, 0.15) is 18.0 Å². The lowest BCUT2D eigenvalue weighted by molar-refractivity contribution is -0.114. The van der Waals surface area contributed by atoms with Gasteiger partial charge in [0, 0.05) is 0 Å². The third kappa shape index (κ3) is 4.21. The molecule has 25 heavy (non-hydrogen) atoms. The summed E-state index contributed by atoms with van der Waals surface area (Å²) in [6.45, 7) is 1.03. The average molecular weight is 344 g/mol. The van der Waals surface area contributed by atoms with Gasteiger partial charge in [0.2, 0.25) is 5.91 Å². The second kappa shape index (κ2) is 7.43. The molecule has 0 radical (unpaired) electrons. The van der Waals surface area contributed by atoms with Gasteiger partial charge in [0.1, 0.15) is 17.8 Å². The molecule has 0 bridgehead atoms. The number of anilines is 3. The summed E-state index contributed by atoms with van der Waals surface area (Å²) in [5, 5.41) is 9.13. The van der Waals surface area contributed by atoms with Crippen molar-refractivity contribution < 1.29 is 9.18 Å². The van der Waals surface area contributed by atoms with Crippen LogP contribution in [0, 0.1) is 5.82 Å². The van der Waals surface area contributed by atoms with E-state index in [1.165, 1.54) is 18.5 Å². The summed E-state index contributed by atoms with van der Waals surface area (Å²) in [6, 6.07) is 6.32. The van der Waals surface area contributed by atoms with Crippen molar-refractivity contribution in [2.24, 2.45) is 0 Å². The lowest BCUT2D eigenvalue weighted by atomic mass is 10.0. The maximum absolute atomic E-state index is 13.3. The van der Waals surface area contributed by atoms with Crippen molar-refractivity contribution in [3.63, 3.8) is 0 Å². The Morgan fingerprint density at radius 2 is 2.04 bits per heavy atom. The van der Waals surface area contributed by atoms with Crippen molar-refractivity contribution in [2.45, 2.75) is 12.5 Å². The fourth-order valence-corrected chi connectivity index (χ4v) is 2.66. The first-order chi connectivity index (χ1) is 12.0. The van der Waals surface area contributed by atoms with Crippen LogP contribution in [-0.4, -0.2) is 48.0 Å². The maximum Gasteiger partial charge on any atom is 0.243 e. The van der Waals surface area contributed by atoms with E-state index in [4.69, 9.17) is 0 Å². The fraction of sp³-hybridized carbons (Fsp3) is 0.353. The number of carbonyl (C=O) groups excluding carboxylic acids is 1. The van der Waals surface area contributed by atoms with E-state index in [1.54, 1.807) is 12.1 Å². The molecule has 0 saturated heterocycles. The maximum atomic E-state index is 13.3. The molecule has 1 aliphatic heterocycles. The molecule has 1 aromatic carbocycles. The molecule has 0 fully saturated rings. The smallest absolute Gasteiger partial charge is 0.243 e. The van der Waals surface area contributed by atoms with Gasteiger partial charge in [-0.05, 0) is 44.8 Å². The number of nitrogens with zero attached hydrogens (tertiary/aromatic N) is 3. The van der Waals surface area contributed by atoms with Gasteiger partial charge < -0.3 is 20.9 Å². The second-order valence-corrected chi connectivity index (χ2v) is 6.19. The van der Waals surface area contributed by atoms with Crippen molar-refractivity contribution in [2.75, 3.05) is 43.1 Å². The lowest BCUT2D eigenvalue weighted by Crippen LogP contribution is -2.29. The minimum Gasteiger partial charge on any atom is -0.361 e. The molecular formula is C17H21FN6O. The van der Waals surface area contributed by atoms with E-state index in [0.29, 0.717) is 17.3 Å². The van der Waals surface area contributed by atoms with Crippen LogP contribution >= 0.6 is 0 Å². The molecule has 3 N–H and O–H groups in total. The summed E-state index contributed by atoms with van der Waals surface area (Å²) in [5.41, 5.74) is 1.49. The first-order valence-electron chi connectivity index (χ1n) is 8.08. The Balaban J connectivity index is 1.87. The Kier molecular flexibility index (Phi) is 5.08. The highest BCUT2D eigenvalue weighted by atomic mass is 19.1. The molecule has 1 atom stereocenters. The van der Waals surface area contributed by atoms with Crippen molar-refractivity contribution in [1.82, 2.24) is 14.9 Å². The molecule has 8 heteroatoms. The highest BCUT2D eigenvalue weighted by molar-refractivity contribution is 6.02. The van der Waals surface area contributed by atoms with Gasteiger partial charge in [-0.1, -0.05) is 12.1 Å². The molecule has 0 aliphatic carbocycles. The van der Waals surface area contributed by atoms with Gasteiger partial charge in [0.15, 0.2) is 11.6 Å². The molecule has 0 spiro atoms. The monoisotopic (exact) mass is 344 g/mol. The van der Waals surface area contributed by atoms with E-state index in [0.717, 1.165) is 18.5 Å². The van der Waals surface area contributed by atoms with Gasteiger partial charge >= 0.3 is 0 Å². The molecule has 3 rings (SSSR count). The number of amides is 1. The van der Waals surface area contributed by atoms with Crippen LogP contribution < -0.4 is 16.0 Å². The Hall–Kier alpha value is -2.74. The molecular weight excluding hydrogens is 323 g/mol. The third-order valence-electron chi connectivity index (χ3n) is 3.98. The SMILES string of the molecule is CN(C)CCC(Nc1ncnc2c1NC(=O)CN2)c1ccc(F)cc1. The van der Waals surface area contributed by atoms with Crippen molar-refractivity contribution >= 4 is 23.2 Å². The number of benzene rings is 1. The number of carbonyl (C=O) groups is 1. The lowest BCUT2D eigenvalue weighted by Gasteiger charge is -2.25. The van der Waals surface area contributed by atoms with E-state index in [2.05, 4.69) is 30.8 Å². The number of hydrogen-bond donors (Lipinski definition) is 3. The first-order valence-corrected chi connectivity index (χ1v) is 8.08. The van der Waals surface area contributed by atoms with Crippen LogP contribution in [0.5, 0.6) is 0 Å². The predicted octanol–water partition coefficient (Wildman–Crippen LogP) is 2.08. The predicted molar refractivity (Wildman–Crippen MR) is 95.1 cm³/mol. The topological polar surface area (TPSA) is 82.2 Å². The number of nitrogens with one attached hydrogen (secondary N) is 3. The van der Waals surface area contributed by atoms with Gasteiger partial charge in [-0.25, -0.2) is 14.4 Å². The van der Waals surface area contributed by atoms with Crippen molar-refractivity contribution in [3.05, 3.63) is 42.0 Å². The highest BCUT2D eigenvalue weighted by Gasteiger charge is 2.22. The minimum atomic E-state index is -0.272. The van der Waals surface area contributed by atoms with Gasteiger partial charge in [-0.3, -0.25) is 4.79 Å². The van der Waals surface area contributed by atoms with E-state index >= 15 is 0 Å². The number of hydrogen-bond acceptors (Lipinski definition) is 6. The molecule has 2 aromatic rings. The quantitative estimate of drug-likeness (QED) is 0.744. The second-order valence-electron chi connectivity index (χ2n) is 6.19. The van der Waals surface area contributed by atoms with Gasteiger partial charge in [0.05, 0.1) is 12.6 Å². The van der Waals surface area contributed by atoms with Crippen LogP contribution in [0.2, 0.25) is 0 Å². The molecule has 1 aliphatic rings. The summed E-state index contributed by atoms with van der Waals surface area (Å²) >= 11 is 0. The molecule has 1 amide bonds. The zero-order chi connectivity index (χ0) is 17.8. The average Bonchev–Trinajstić information content (AvgIpc) is 2.59. The number of rotatable bonds is 6. The molecule has 1 aromatic heterocycles. The number of aromatic nitrogens is 2. The third-order valence-corrected chi connectivity index (χ3v) is 3.98. The molecule has 7 nitrogen and oxygen atoms in total. The Morgan fingerprint density at radius 3 is 2.76 bits per heavy atom. The van der Waals surface area contributed by atoms with Gasteiger partial charge in [-0.15, -0.1) is 0 Å². The van der Waals surface area contributed by atoms with Crippen LogP contribution in [0.4, 0.5) is 21.7 Å². The number of fused-ring (bicyclic) bond motifs is 1. The van der Waals surface area contributed by atoms with Crippen molar-refractivity contribution in [3.8, 4) is 0 Å². The Labute approximate surface area is 145 Å². The van der Waals surface area contributed by atoms with Crippen molar-refractivity contribution in [1.29, 1.82) is 0 Å². The van der Waals surface area contributed by atoms with E-state index < -0.39 is 0 Å². The fourth-order valence-electron chi connectivity index (χ4n) is 2.66. The summed E-state index contributed by atoms with van der Waals surface area (Å²) in [6.07, 6.45) is 2.23. The van der Waals surface area contributed by atoms with E-state index in [-0.39, 0.29) is 24.3 Å². The molecule has 132 valence electrons. The van der Waals surface area contributed by atoms with Crippen LogP contribution in [-0.2, 0) is 4.79 Å². The van der Waals surface area contributed by atoms with Crippen LogP contribution in [0.15, 0.2) is 30.6 Å². The van der Waals surface area contributed by atoms with Crippen LogP contribution in [0.25, 0.3) is 0 Å². The number of halogens is 1. The summed E-state index contributed by atoms with van der Waals surface area (Å²) in [7, 11) is 4.00. The van der Waals surface area contributed by atoms with Gasteiger partial charge in [-0.2, -0.15) is 0 Å². The zero-order valence-corrected chi connectivity index (χ0v) is 14.2. The molecule has 1 unspecified atom stereocenters. The molecule has 0 saturated carbocycles. The highest BCUT2D eigenvalue weighted by Crippen LogP contribution is 2.32. The van der Waals surface area contributed by atoms with Gasteiger partial charge in [0.25, 0.3) is 0 Å². The Bertz CT molecular complexity index is 749. The standard InChI is InChI=1S/C17H21FN6O/c1-24(2)8-7-13(11-3-5-12(18)6-4-11)22-17-15-16(20-10-21-17)19-9-14(25)23-15/h3-6,10,13H,7-9H2,1-2H3,(H,23,25)(H2,19,20,21,22). The van der Waals surface area contributed by atoms with E-state index in [1.807, 2.05) is 14.1 Å². The minimum absolute atomic E-state index is 0.0826.